The summed E-state index contributed by atoms with van der Waals surface area (Å²) in [5.41, 5.74) is 6.80. The summed E-state index contributed by atoms with van der Waals surface area (Å²) in [6.07, 6.45) is 1.49. The van der Waals surface area contributed by atoms with E-state index in [-0.39, 0.29) is 20.8 Å². The summed E-state index contributed by atoms with van der Waals surface area (Å²) in [5, 5.41) is 0.107. The molecule has 3 N–H and O–H groups in total. The molecule has 1 heterocycles. The first kappa shape index (κ1) is 14.9. The third kappa shape index (κ3) is 2.98. The van der Waals surface area contributed by atoms with Crippen LogP contribution in [0.15, 0.2) is 35.4 Å². The number of hydrogen-bond donors (Lipinski definition) is 2. The van der Waals surface area contributed by atoms with E-state index in [2.05, 4.69) is 9.71 Å². The van der Waals surface area contributed by atoms with E-state index in [0.717, 1.165) is 0 Å². The Morgan fingerprint density at radius 3 is 2.55 bits per heavy atom. The molecule has 5 nitrogen and oxygen atoms in total. The number of aryl methyl sites for hydroxylation is 1. The van der Waals surface area contributed by atoms with Gasteiger partial charge in [-0.1, -0.05) is 23.2 Å². The van der Waals surface area contributed by atoms with E-state index in [1.165, 1.54) is 24.4 Å². The van der Waals surface area contributed by atoms with Gasteiger partial charge in [-0.05, 0) is 36.8 Å². The van der Waals surface area contributed by atoms with Crippen LogP contribution in [-0.4, -0.2) is 13.4 Å². The van der Waals surface area contributed by atoms with Gasteiger partial charge in [0.1, 0.15) is 4.90 Å². The normalized spacial score (nSPS) is 11.3. The first-order chi connectivity index (χ1) is 9.31. The molecule has 2 aromatic rings. The zero-order valence-electron chi connectivity index (χ0n) is 10.4. The average Bonchev–Trinajstić information content (AvgIpc) is 2.33. The Bertz CT molecular complexity index is 743. The quantitative estimate of drug-likeness (QED) is 0.668. The van der Waals surface area contributed by atoms with Crippen molar-refractivity contribution in [3.8, 4) is 0 Å². The third-order valence-electron chi connectivity index (χ3n) is 2.59. The molecule has 0 aliphatic rings. The molecule has 0 saturated carbocycles. The Morgan fingerprint density at radius 1 is 1.25 bits per heavy atom. The predicted molar refractivity (Wildman–Crippen MR) is 80.7 cm³/mol. The minimum atomic E-state index is -3.87. The lowest BCUT2D eigenvalue weighted by Gasteiger charge is -2.12. The molecule has 106 valence electrons. The summed E-state index contributed by atoms with van der Waals surface area (Å²) in [6.45, 7) is 1.72. The molecule has 8 heteroatoms. The number of sulfonamides is 1. The molecule has 0 bridgehead atoms. The van der Waals surface area contributed by atoms with Gasteiger partial charge in [0, 0.05) is 11.9 Å². The molecule has 0 aliphatic heterocycles. The van der Waals surface area contributed by atoms with Crippen molar-refractivity contribution in [2.24, 2.45) is 0 Å². The highest BCUT2D eigenvalue weighted by Gasteiger charge is 2.20. The van der Waals surface area contributed by atoms with Crippen LogP contribution in [0, 0.1) is 6.92 Å². The van der Waals surface area contributed by atoms with Crippen molar-refractivity contribution < 1.29 is 8.42 Å². The molecule has 1 aromatic heterocycles. The number of nitrogen functional groups attached to an aromatic ring is 1. The van der Waals surface area contributed by atoms with Crippen LogP contribution in [-0.2, 0) is 10.0 Å². The molecule has 20 heavy (non-hydrogen) atoms. The van der Waals surface area contributed by atoms with Crippen LogP contribution in [0.25, 0.3) is 0 Å². The molecular weight excluding hydrogens is 321 g/mol. The number of benzene rings is 1. The van der Waals surface area contributed by atoms with Crippen LogP contribution in [0.5, 0.6) is 0 Å². The van der Waals surface area contributed by atoms with E-state index in [1.54, 1.807) is 13.0 Å². The van der Waals surface area contributed by atoms with E-state index in [0.29, 0.717) is 11.3 Å². The maximum Gasteiger partial charge on any atom is 0.263 e. The van der Waals surface area contributed by atoms with Gasteiger partial charge in [0.15, 0.2) is 5.15 Å². The van der Waals surface area contributed by atoms with Crippen LogP contribution in [0.2, 0.25) is 10.2 Å². The maximum absolute atomic E-state index is 12.3. The van der Waals surface area contributed by atoms with E-state index in [1.807, 2.05) is 0 Å². The molecule has 0 saturated heterocycles. The van der Waals surface area contributed by atoms with Crippen molar-refractivity contribution in [2.45, 2.75) is 11.8 Å². The Balaban J connectivity index is 2.46. The Kier molecular flexibility index (Phi) is 4.08. The topological polar surface area (TPSA) is 85.1 Å². The third-order valence-corrected chi connectivity index (χ3v) is 4.71. The Morgan fingerprint density at radius 2 is 1.95 bits per heavy atom. The first-order valence-electron chi connectivity index (χ1n) is 5.50. The molecule has 0 fully saturated rings. The highest BCUT2D eigenvalue weighted by Crippen LogP contribution is 2.29. The maximum atomic E-state index is 12.3. The lowest BCUT2D eigenvalue weighted by Crippen LogP contribution is -2.15. The summed E-state index contributed by atoms with van der Waals surface area (Å²) >= 11 is 11.8. The van der Waals surface area contributed by atoms with Gasteiger partial charge in [0.25, 0.3) is 10.0 Å². The van der Waals surface area contributed by atoms with Crippen molar-refractivity contribution >= 4 is 44.6 Å². The molecule has 0 spiro atoms. The van der Waals surface area contributed by atoms with Gasteiger partial charge < -0.3 is 5.73 Å². The van der Waals surface area contributed by atoms with E-state index >= 15 is 0 Å². The van der Waals surface area contributed by atoms with Gasteiger partial charge >= 0.3 is 0 Å². The van der Waals surface area contributed by atoms with Crippen LogP contribution >= 0.6 is 23.2 Å². The van der Waals surface area contributed by atoms with Gasteiger partial charge in [-0.25, -0.2) is 13.4 Å². The summed E-state index contributed by atoms with van der Waals surface area (Å²) < 4.78 is 27.0. The Labute approximate surface area is 126 Å². The van der Waals surface area contributed by atoms with E-state index < -0.39 is 10.0 Å². The number of aromatic nitrogens is 1. The number of halogens is 2. The van der Waals surface area contributed by atoms with E-state index in [4.69, 9.17) is 28.9 Å². The number of hydrogen-bond acceptors (Lipinski definition) is 4. The largest absolute Gasteiger partial charge is 0.399 e. The minimum absolute atomic E-state index is 0.0372. The number of nitrogens with zero attached hydrogens (tertiary/aromatic N) is 1. The molecule has 0 aliphatic carbocycles. The van der Waals surface area contributed by atoms with E-state index in [9.17, 15) is 8.42 Å². The van der Waals surface area contributed by atoms with Crippen molar-refractivity contribution in [1.82, 2.24) is 4.98 Å². The molecule has 0 amide bonds. The summed E-state index contributed by atoms with van der Waals surface area (Å²) in [6, 6.07) is 5.81. The van der Waals surface area contributed by atoms with Crippen molar-refractivity contribution in [3.63, 3.8) is 0 Å². The SMILES string of the molecule is Cc1ccnc(Cl)c1NS(=O)(=O)c1ccc(N)cc1Cl. The fourth-order valence-electron chi connectivity index (χ4n) is 1.57. The van der Waals surface area contributed by atoms with Crippen LogP contribution < -0.4 is 10.5 Å². The first-order valence-corrected chi connectivity index (χ1v) is 7.74. The van der Waals surface area contributed by atoms with Crippen molar-refractivity contribution in [3.05, 3.63) is 46.2 Å². The number of anilines is 2. The molecule has 1 aromatic carbocycles. The highest BCUT2D eigenvalue weighted by molar-refractivity contribution is 7.92. The summed E-state index contributed by atoms with van der Waals surface area (Å²) in [7, 11) is -3.87. The predicted octanol–water partition coefficient (Wildman–Crippen LogP) is 3.08. The van der Waals surface area contributed by atoms with Crippen LogP contribution in [0.4, 0.5) is 11.4 Å². The second-order valence-corrected chi connectivity index (χ2v) is 6.51. The van der Waals surface area contributed by atoms with Crippen LogP contribution in [0.3, 0.4) is 0 Å². The van der Waals surface area contributed by atoms with Gasteiger partial charge in [-0.15, -0.1) is 0 Å². The van der Waals surface area contributed by atoms with Gasteiger partial charge in [0.05, 0.1) is 10.7 Å². The zero-order valence-corrected chi connectivity index (χ0v) is 12.7. The highest BCUT2D eigenvalue weighted by atomic mass is 35.5. The summed E-state index contributed by atoms with van der Waals surface area (Å²) in [5.74, 6) is 0. The summed E-state index contributed by atoms with van der Waals surface area (Å²) in [4.78, 5) is 3.76. The lowest BCUT2D eigenvalue weighted by molar-refractivity contribution is 0.601. The fourth-order valence-corrected chi connectivity index (χ4v) is 3.57. The van der Waals surface area contributed by atoms with Gasteiger partial charge in [-0.2, -0.15) is 0 Å². The molecule has 0 atom stereocenters. The number of rotatable bonds is 3. The second-order valence-electron chi connectivity index (χ2n) is 4.09. The van der Waals surface area contributed by atoms with Crippen LogP contribution in [0.1, 0.15) is 5.56 Å². The average molecular weight is 332 g/mol. The van der Waals surface area contributed by atoms with Crippen molar-refractivity contribution in [2.75, 3.05) is 10.5 Å². The molecule has 0 radical (unpaired) electrons. The van der Waals surface area contributed by atoms with Crippen molar-refractivity contribution in [1.29, 1.82) is 0 Å². The fraction of sp³-hybridized carbons (Fsp3) is 0.0833. The number of nitrogens with one attached hydrogen (secondary N) is 1. The van der Waals surface area contributed by atoms with Gasteiger partial charge in [0.2, 0.25) is 0 Å². The molecule has 0 unspecified atom stereocenters. The lowest BCUT2D eigenvalue weighted by atomic mass is 10.3. The smallest absolute Gasteiger partial charge is 0.263 e. The minimum Gasteiger partial charge on any atom is -0.399 e. The van der Waals surface area contributed by atoms with Gasteiger partial charge in [-0.3, -0.25) is 4.72 Å². The second kappa shape index (κ2) is 5.47. The number of pyridine rings is 1. The Hall–Kier alpha value is -1.50. The molecular formula is C12H11Cl2N3O2S. The zero-order chi connectivity index (χ0) is 14.9. The standard InChI is InChI=1S/C12H11Cl2N3O2S/c1-7-4-5-16-12(14)11(7)17-20(18,19)10-3-2-8(15)6-9(10)13/h2-6,17H,15H2,1H3. The monoisotopic (exact) mass is 331 g/mol. The molecule has 2 rings (SSSR count). The number of nitrogens with two attached hydrogens (primary N) is 1.